The van der Waals surface area contributed by atoms with E-state index in [1.807, 2.05) is 36.4 Å². The first-order valence-corrected chi connectivity index (χ1v) is 6.16. The molecule has 1 aromatic carbocycles. The fourth-order valence-electron chi connectivity index (χ4n) is 2.18. The summed E-state index contributed by atoms with van der Waals surface area (Å²) in [6, 6.07) is 9.96. The van der Waals surface area contributed by atoms with Crippen LogP contribution in [0.4, 0.5) is 0 Å². The van der Waals surface area contributed by atoms with Crippen molar-refractivity contribution in [3.8, 4) is 0 Å². The van der Waals surface area contributed by atoms with Crippen LogP contribution in [-0.2, 0) is 11.2 Å². The highest BCUT2D eigenvalue weighted by molar-refractivity contribution is 5.81. The van der Waals surface area contributed by atoms with Gasteiger partial charge in [-0.3, -0.25) is 4.79 Å². The molecule has 0 fully saturated rings. The molecule has 0 heterocycles. The standard InChI is InChI=1S/C16H18O/c1-13-7-5-6-10-15(13)12-16(17)11-14-8-3-2-4-9-14/h2-10,13,15H,11-12H2,1H3/t13-,15?/m1/s1. The highest BCUT2D eigenvalue weighted by Gasteiger charge is 2.17. The third-order valence-electron chi connectivity index (χ3n) is 3.27. The van der Waals surface area contributed by atoms with Crippen LogP contribution in [-0.4, -0.2) is 5.78 Å². The van der Waals surface area contributed by atoms with Crippen LogP contribution in [0.25, 0.3) is 0 Å². The van der Waals surface area contributed by atoms with Crippen molar-refractivity contribution in [1.29, 1.82) is 0 Å². The predicted molar refractivity (Wildman–Crippen MR) is 70.7 cm³/mol. The molecule has 1 aliphatic rings. The summed E-state index contributed by atoms with van der Waals surface area (Å²) in [6.45, 7) is 2.17. The number of rotatable bonds is 4. The van der Waals surface area contributed by atoms with Gasteiger partial charge in [0.1, 0.15) is 5.78 Å². The van der Waals surface area contributed by atoms with Gasteiger partial charge in [0.25, 0.3) is 0 Å². The summed E-state index contributed by atoms with van der Waals surface area (Å²) in [5, 5.41) is 0. The SMILES string of the molecule is C[C@@H]1C=CC=CC1CC(=O)Cc1ccccc1. The minimum Gasteiger partial charge on any atom is -0.299 e. The third-order valence-corrected chi connectivity index (χ3v) is 3.27. The van der Waals surface area contributed by atoms with Gasteiger partial charge in [-0.05, 0) is 17.4 Å². The normalized spacial score (nSPS) is 22.6. The van der Waals surface area contributed by atoms with E-state index in [-0.39, 0.29) is 0 Å². The van der Waals surface area contributed by atoms with Gasteiger partial charge in [0.05, 0.1) is 0 Å². The van der Waals surface area contributed by atoms with Gasteiger partial charge in [0.2, 0.25) is 0 Å². The summed E-state index contributed by atoms with van der Waals surface area (Å²) in [4.78, 5) is 12.0. The molecule has 0 saturated heterocycles. The Morgan fingerprint density at radius 1 is 1.12 bits per heavy atom. The molecule has 0 N–H and O–H groups in total. The van der Waals surface area contributed by atoms with Gasteiger partial charge in [0, 0.05) is 12.8 Å². The van der Waals surface area contributed by atoms with E-state index >= 15 is 0 Å². The highest BCUT2D eigenvalue weighted by Crippen LogP contribution is 2.23. The molecular weight excluding hydrogens is 208 g/mol. The van der Waals surface area contributed by atoms with Crippen LogP contribution in [0.1, 0.15) is 18.9 Å². The van der Waals surface area contributed by atoms with E-state index in [9.17, 15) is 4.79 Å². The summed E-state index contributed by atoms with van der Waals surface area (Å²) in [5.41, 5.74) is 1.11. The van der Waals surface area contributed by atoms with Crippen molar-refractivity contribution in [2.75, 3.05) is 0 Å². The lowest BCUT2D eigenvalue weighted by molar-refractivity contribution is -0.119. The average molecular weight is 226 g/mol. The van der Waals surface area contributed by atoms with Gasteiger partial charge < -0.3 is 0 Å². The summed E-state index contributed by atoms with van der Waals surface area (Å²) in [5.74, 6) is 1.17. The molecule has 17 heavy (non-hydrogen) atoms. The van der Waals surface area contributed by atoms with Gasteiger partial charge in [-0.15, -0.1) is 0 Å². The topological polar surface area (TPSA) is 17.1 Å². The molecule has 1 unspecified atom stereocenters. The maximum absolute atomic E-state index is 12.0. The second-order valence-electron chi connectivity index (χ2n) is 4.70. The number of Topliss-reactive ketones (excluding diaryl/α,β-unsaturated/α-hetero) is 1. The maximum Gasteiger partial charge on any atom is 0.137 e. The summed E-state index contributed by atoms with van der Waals surface area (Å²) >= 11 is 0. The zero-order chi connectivity index (χ0) is 12.1. The van der Waals surface area contributed by atoms with Crippen molar-refractivity contribution in [2.24, 2.45) is 11.8 Å². The van der Waals surface area contributed by atoms with E-state index in [2.05, 4.69) is 25.2 Å². The molecule has 1 aromatic rings. The lowest BCUT2D eigenvalue weighted by Crippen LogP contribution is -2.15. The smallest absolute Gasteiger partial charge is 0.137 e. The van der Waals surface area contributed by atoms with Gasteiger partial charge in [0.15, 0.2) is 0 Å². The Balaban J connectivity index is 1.90. The molecule has 0 bridgehead atoms. The number of carbonyl (C=O) groups is 1. The average Bonchev–Trinajstić information content (AvgIpc) is 2.33. The minimum atomic E-state index is 0.327. The first-order valence-electron chi connectivity index (χ1n) is 6.16. The monoisotopic (exact) mass is 226 g/mol. The predicted octanol–water partition coefficient (Wildman–Crippen LogP) is 3.57. The molecule has 0 aliphatic heterocycles. The van der Waals surface area contributed by atoms with E-state index in [0.29, 0.717) is 30.5 Å². The zero-order valence-electron chi connectivity index (χ0n) is 10.2. The molecule has 0 radical (unpaired) electrons. The maximum atomic E-state index is 12.0. The van der Waals surface area contributed by atoms with Crippen LogP contribution in [0.5, 0.6) is 0 Å². The summed E-state index contributed by atoms with van der Waals surface area (Å²) in [6.07, 6.45) is 9.62. The molecule has 88 valence electrons. The van der Waals surface area contributed by atoms with Gasteiger partial charge in [-0.1, -0.05) is 61.6 Å². The van der Waals surface area contributed by atoms with E-state index in [4.69, 9.17) is 0 Å². The van der Waals surface area contributed by atoms with Crippen molar-refractivity contribution in [2.45, 2.75) is 19.8 Å². The van der Waals surface area contributed by atoms with Crippen molar-refractivity contribution in [3.05, 3.63) is 60.2 Å². The summed E-state index contributed by atoms with van der Waals surface area (Å²) in [7, 11) is 0. The van der Waals surface area contributed by atoms with Crippen LogP contribution in [0.15, 0.2) is 54.6 Å². The molecule has 2 rings (SSSR count). The fourth-order valence-corrected chi connectivity index (χ4v) is 2.18. The number of hydrogen-bond acceptors (Lipinski definition) is 1. The van der Waals surface area contributed by atoms with Crippen molar-refractivity contribution in [3.63, 3.8) is 0 Å². The van der Waals surface area contributed by atoms with E-state index in [1.54, 1.807) is 0 Å². The molecule has 0 saturated carbocycles. The first-order chi connectivity index (χ1) is 8.25. The highest BCUT2D eigenvalue weighted by atomic mass is 16.1. The Morgan fingerprint density at radius 3 is 2.53 bits per heavy atom. The Kier molecular flexibility index (Phi) is 3.92. The van der Waals surface area contributed by atoms with Crippen molar-refractivity contribution >= 4 is 5.78 Å². The fraction of sp³-hybridized carbons (Fsp3) is 0.312. The molecule has 2 atom stereocenters. The Hall–Kier alpha value is -1.63. The molecule has 1 heteroatoms. The van der Waals surface area contributed by atoms with Crippen molar-refractivity contribution < 1.29 is 4.79 Å². The molecular formula is C16H18O. The number of benzene rings is 1. The number of ketones is 1. The largest absolute Gasteiger partial charge is 0.299 e. The minimum absolute atomic E-state index is 0.327. The van der Waals surface area contributed by atoms with Crippen LogP contribution < -0.4 is 0 Å². The molecule has 1 aliphatic carbocycles. The lowest BCUT2D eigenvalue weighted by Gasteiger charge is -2.19. The Morgan fingerprint density at radius 2 is 1.82 bits per heavy atom. The van der Waals surface area contributed by atoms with Gasteiger partial charge in [-0.2, -0.15) is 0 Å². The van der Waals surface area contributed by atoms with Gasteiger partial charge in [-0.25, -0.2) is 0 Å². The van der Waals surface area contributed by atoms with Crippen LogP contribution in [0, 0.1) is 11.8 Å². The van der Waals surface area contributed by atoms with Crippen LogP contribution in [0.2, 0.25) is 0 Å². The summed E-state index contributed by atoms with van der Waals surface area (Å²) < 4.78 is 0. The van der Waals surface area contributed by atoms with E-state index < -0.39 is 0 Å². The van der Waals surface area contributed by atoms with Crippen LogP contribution >= 0.6 is 0 Å². The quantitative estimate of drug-likeness (QED) is 0.767. The number of carbonyl (C=O) groups excluding carboxylic acids is 1. The van der Waals surface area contributed by atoms with E-state index in [0.717, 1.165) is 5.56 Å². The second-order valence-corrected chi connectivity index (χ2v) is 4.70. The third kappa shape index (κ3) is 3.42. The van der Waals surface area contributed by atoms with Gasteiger partial charge >= 0.3 is 0 Å². The molecule has 0 spiro atoms. The molecule has 0 aromatic heterocycles. The Labute approximate surface area is 103 Å². The Bertz CT molecular complexity index is 428. The molecule has 1 nitrogen and oxygen atoms in total. The zero-order valence-corrected chi connectivity index (χ0v) is 10.2. The first kappa shape index (κ1) is 11.8. The van der Waals surface area contributed by atoms with E-state index in [1.165, 1.54) is 0 Å². The number of hydrogen-bond donors (Lipinski definition) is 0. The number of allylic oxidation sites excluding steroid dienone is 4. The van der Waals surface area contributed by atoms with Crippen LogP contribution in [0.3, 0.4) is 0 Å². The molecule has 0 amide bonds. The van der Waals surface area contributed by atoms with Crippen molar-refractivity contribution in [1.82, 2.24) is 0 Å². The second kappa shape index (κ2) is 5.62. The lowest BCUT2D eigenvalue weighted by atomic mass is 9.85.